The lowest BCUT2D eigenvalue weighted by atomic mass is 9.96. The molecule has 0 saturated heterocycles. The molecule has 0 spiro atoms. The molecule has 0 radical (unpaired) electrons. The van der Waals surface area contributed by atoms with E-state index in [0.717, 1.165) is 56.1 Å². The van der Waals surface area contributed by atoms with Crippen molar-refractivity contribution in [3.05, 3.63) is 42.0 Å². The van der Waals surface area contributed by atoms with Gasteiger partial charge in [-0.3, -0.25) is 0 Å². The summed E-state index contributed by atoms with van der Waals surface area (Å²) in [6.45, 7) is 1.98. The first-order valence-electron chi connectivity index (χ1n) is 10.5. The predicted molar refractivity (Wildman–Crippen MR) is 126 cm³/mol. The van der Waals surface area contributed by atoms with Crippen LogP contribution in [0.5, 0.6) is 0 Å². The Bertz CT molecular complexity index is 1090. The second-order valence-electron chi connectivity index (χ2n) is 8.44. The van der Waals surface area contributed by atoms with Crippen LogP contribution in [0.4, 0.5) is 5.69 Å². The number of aryl methyl sites for hydroxylation is 2. The Morgan fingerprint density at radius 2 is 2.13 bits per heavy atom. The smallest absolute Gasteiger partial charge is 0.188 e. The SMILES string of the molecule is Cc1ccnc(SCc2nc3cc(NC(=S)N[C@@H]4C[C@@H]5CC[C@@H]4C5)ccc3n2C)n1. The summed E-state index contributed by atoms with van der Waals surface area (Å²) in [6.07, 6.45) is 7.17. The number of rotatable bonds is 5. The van der Waals surface area contributed by atoms with Gasteiger partial charge in [0.05, 0.1) is 16.8 Å². The molecule has 3 aromatic rings. The van der Waals surface area contributed by atoms with Crippen LogP contribution in [0.1, 0.15) is 37.2 Å². The van der Waals surface area contributed by atoms with Crippen molar-refractivity contribution in [1.82, 2.24) is 24.8 Å². The van der Waals surface area contributed by atoms with E-state index < -0.39 is 0 Å². The quantitative estimate of drug-likeness (QED) is 0.347. The Labute approximate surface area is 186 Å². The van der Waals surface area contributed by atoms with Gasteiger partial charge in [-0.15, -0.1) is 0 Å². The molecule has 2 bridgehead atoms. The highest BCUT2D eigenvalue weighted by molar-refractivity contribution is 7.98. The molecule has 0 amide bonds. The summed E-state index contributed by atoms with van der Waals surface area (Å²) in [7, 11) is 2.05. The van der Waals surface area contributed by atoms with Crippen molar-refractivity contribution in [2.75, 3.05) is 5.32 Å². The summed E-state index contributed by atoms with van der Waals surface area (Å²) in [4.78, 5) is 13.6. The highest BCUT2D eigenvalue weighted by Crippen LogP contribution is 2.44. The first kappa shape index (κ1) is 19.8. The van der Waals surface area contributed by atoms with Crippen molar-refractivity contribution in [1.29, 1.82) is 0 Å². The maximum absolute atomic E-state index is 5.58. The topological polar surface area (TPSA) is 67.7 Å². The molecule has 2 fully saturated rings. The van der Waals surface area contributed by atoms with E-state index in [-0.39, 0.29) is 0 Å². The van der Waals surface area contributed by atoms with Crippen molar-refractivity contribution in [3.63, 3.8) is 0 Å². The lowest BCUT2D eigenvalue weighted by Gasteiger charge is -2.24. The van der Waals surface area contributed by atoms with E-state index >= 15 is 0 Å². The van der Waals surface area contributed by atoms with E-state index in [1.165, 1.54) is 25.7 Å². The van der Waals surface area contributed by atoms with Crippen LogP contribution in [0, 0.1) is 18.8 Å². The normalized spacial score (nSPS) is 22.5. The van der Waals surface area contributed by atoms with Gasteiger partial charge in [-0.05, 0) is 74.5 Å². The Kier molecular flexibility index (Phi) is 5.37. The average Bonchev–Trinajstić information content (AvgIpc) is 3.41. The molecule has 0 unspecified atom stereocenters. The van der Waals surface area contributed by atoms with Gasteiger partial charge in [0.1, 0.15) is 5.82 Å². The van der Waals surface area contributed by atoms with Crippen LogP contribution in [-0.2, 0) is 12.8 Å². The number of nitrogens with zero attached hydrogens (tertiary/aromatic N) is 4. The molecule has 2 aliphatic carbocycles. The average molecular weight is 439 g/mol. The zero-order chi connectivity index (χ0) is 20.7. The number of aromatic nitrogens is 4. The maximum Gasteiger partial charge on any atom is 0.188 e. The van der Waals surface area contributed by atoms with Crippen molar-refractivity contribution in [2.24, 2.45) is 18.9 Å². The number of benzene rings is 1. The number of hydrogen-bond donors (Lipinski definition) is 2. The van der Waals surface area contributed by atoms with E-state index in [0.29, 0.717) is 6.04 Å². The predicted octanol–water partition coefficient (Wildman–Crippen LogP) is 4.44. The van der Waals surface area contributed by atoms with Gasteiger partial charge >= 0.3 is 0 Å². The molecule has 2 N–H and O–H groups in total. The number of thioether (sulfide) groups is 1. The standard InChI is InChI=1S/C22H26N6S2/c1-13-7-8-23-22(24-13)30-12-20-26-18-11-16(5-6-19(18)28(20)2)25-21(29)27-17-10-14-3-4-15(17)9-14/h5-8,11,14-15,17H,3-4,9-10,12H2,1-2H3,(H2,25,27,29)/t14-,15-,17-/m1/s1. The Hall–Kier alpha value is -2.19. The fourth-order valence-corrected chi connectivity index (χ4v) is 5.97. The Morgan fingerprint density at radius 3 is 2.90 bits per heavy atom. The largest absolute Gasteiger partial charge is 0.359 e. The molecular weight excluding hydrogens is 412 g/mol. The summed E-state index contributed by atoms with van der Waals surface area (Å²) >= 11 is 7.19. The van der Waals surface area contributed by atoms with Crippen molar-refractivity contribution >= 4 is 45.8 Å². The van der Waals surface area contributed by atoms with Gasteiger partial charge in [0.25, 0.3) is 0 Å². The Balaban J connectivity index is 1.25. The maximum atomic E-state index is 5.58. The lowest BCUT2D eigenvalue weighted by Crippen LogP contribution is -2.40. The van der Waals surface area contributed by atoms with Crippen LogP contribution in [0.2, 0.25) is 0 Å². The second kappa shape index (κ2) is 8.15. The van der Waals surface area contributed by atoms with Crippen LogP contribution in [-0.4, -0.2) is 30.7 Å². The molecule has 6 nitrogen and oxygen atoms in total. The summed E-state index contributed by atoms with van der Waals surface area (Å²) in [5, 5.41) is 8.40. The van der Waals surface area contributed by atoms with Gasteiger partial charge in [0.2, 0.25) is 0 Å². The first-order chi connectivity index (χ1) is 14.5. The monoisotopic (exact) mass is 438 g/mol. The lowest BCUT2D eigenvalue weighted by molar-refractivity contribution is 0.392. The summed E-state index contributed by atoms with van der Waals surface area (Å²) in [5.74, 6) is 3.42. The Morgan fingerprint density at radius 1 is 1.23 bits per heavy atom. The third kappa shape index (κ3) is 4.03. The molecule has 8 heteroatoms. The number of fused-ring (bicyclic) bond motifs is 3. The zero-order valence-electron chi connectivity index (χ0n) is 17.3. The highest BCUT2D eigenvalue weighted by Gasteiger charge is 2.39. The van der Waals surface area contributed by atoms with Gasteiger partial charge in [-0.1, -0.05) is 18.2 Å². The molecule has 2 aliphatic rings. The van der Waals surface area contributed by atoms with Gasteiger partial charge in [0.15, 0.2) is 10.3 Å². The molecule has 3 atom stereocenters. The van der Waals surface area contributed by atoms with Gasteiger partial charge < -0.3 is 15.2 Å². The van der Waals surface area contributed by atoms with E-state index in [1.54, 1.807) is 18.0 Å². The van der Waals surface area contributed by atoms with Gasteiger partial charge in [-0.25, -0.2) is 15.0 Å². The molecule has 2 heterocycles. The van der Waals surface area contributed by atoms with Gasteiger partial charge in [0, 0.05) is 30.7 Å². The number of thiocarbonyl (C=S) groups is 1. The van der Waals surface area contributed by atoms with E-state index in [9.17, 15) is 0 Å². The molecule has 2 aromatic heterocycles. The van der Waals surface area contributed by atoms with Crippen LogP contribution < -0.4 is 10.6 Å². The van der Waals surface area contributed by atoms with Crippen molar-refractivity contribution in [3.8, 4) is 0 Å². The molecule has 156 valence electrons. The first-order valence-corrected chi connectivity index (χ1v) is 11.9. The van der Waals surface area contributed by atoms with Crippen LogP contribution >= 0.6 is 24.0 Å². The third-order valence-corrected chi connectivity index (χ3v) is 7.47. The molecule has 2 saturated carbocycles. The fourth-order valence-electron chi connectivity index (χ4n) is 4.84. The minimum absolute atomic E-state index is 0.537. The molecule has 0 aliphatic heterocycles. The van der Waals surface area contributed by atoms with E-state index in [1.807, 2.05) is 13.0 Å². The van der Waals surface area contributed by atoms with E-state index in [4.69, 9.17) is 17.2 Å². The highest BCUT2D eigenvalue weighted by atomic mass is 32.2. The molecular formula is C22H26N6S2. The number of anilines is 1. The fraction of sp³-hybridized carbons (Fsp3) is 0.455. The number of imidazole rings is 1. The van der Waals surface area contributed by atoms with Crippen molar-refractivity contribution in [2.45, 2.75) is 49.6 Å². The zero-order valence-corrected chi connectivity index (χ0v) is 18.9. The molecule has 1 aromatic carbocycles. The molecule has 30 heavy (non-hydrogen) atoms. The van der Waals surface area contributed by atoms with Crippen LogP contribution in [0.15, 0.2) is 35.6 Å². The minimum atomic E-state index is 0.537. The summed E-state index contributed by atoms with van der Waals surface area (Å²) in [6, 6.07) is 8.68. The molecule has 5 rings (SSSR count). The number of hydrogen-bond acceptors (Lipinski definition) is 5. The van der Waals surface area contributed by atoms with Crippen molar-refractivity contribution < 1.29 is 0 Å². The summed E-state index contributed by atoms with van der Waals surface area (Å²) < 4.78 is 2.13. The third-order valence-electron chi connectivity index (χ3n) is 6.39. The minimum Gasteiger partial charge on any atom is -0.359 e. The van der Waals surface area contributed by atoms with Crippen LogP contribution in [0.25, 0.3) is 11.0 Å². The summed E-state index contributed by atoms with van der Waals surface area (Å²) in [5.41, 5.74) is 4.02. The second-order valence-corrected chi connectivity index (χ2v) is 9.79. The van der Waals surface area contributed by atoms with Crippen LogP contribution in [0.3, 0.4) is 0 Å². The number of nitrogens with one attached hydrogen (secondary N) is 2. The van der Waals surface area contributed by atoms with Gasteiger partial charge in [-0.2, -0.15) is 0 Å². The van der Waals surface area contributed by atoms with E-state index in [2.05, 4.69) is 50.4 Å².